The minimum atomic E-state index is -0.512. The average molecular weight is 309 g/mol. The summed E-state index contributed by atoms with van der Waals surface area (Å²) < 4.78 is 6.00. The Morgan fingerprint density at radius 3 is 2.70 bits per heavy atom. The summed E-state index contributed by atoms with van der Waals surface area (Å²) in [4.78, 5) is 24.3. The molecule has 23 heavy (non-hydrogen) atoms. The Bertz CT molecular complexity index is 899. The van der Waals surface area contributed by atoms with Crippen molar-refractivity contribution in [2.24, 2.45) is 0 Å². The lowest BCUT2D eigenvalue weighted by Crippen LogP contribution is -2.22. The number of aryl methyl sites for hydroxylation is 1. The SMILES string of the molecule is COC(=O)c1ccccc1NC(=O)n1ncc2c(C)cccc21. The Morgan fingerprint density at radius 2 is 1.91 bits per heavy atom. The maximum Gasteiger partial charge on any atom is 0.347 e. The van der Waals surface area contributed by atoms with Crippen LogP contribution in [0.3, 0.4) is 0 Å². The summed E-state index contributed by atoms with van der Waals surface area (Å²) >= 11 is 0. The van der Waals surface area contributed by atoms with Crippen LogP contribution < -0.4 is 5.32 Å². The predicted molar refractivity (Wildman–Crippen MR) is 86.7 cm³/mol. The molecule has 0 atom stereocenters. The predicted octanol–water partition coefficient (Wildman–Crippen LogP) is 3.21. The van der Waals surface area contributed by atoms with E-state index in [4.69, 9.17) is 4.74 Å². The summed E-state index contributed by atoms with van der Waals surface area (Å²) in [7, 11) is 1.30. The zero-order valence-corrected chi connectivity index (χ0v) is 12.7. The van der Waals surface area contributed by atoms with Crippen molar-refractivity contribution in [2.45, 2.75) is 6.92 Å². The van der Waals surface area contributed by atoms with Gasteiger partial charge in [-0.05, 0) is 30.7 Å². The zero-order valence-electron chi connectivity index (χ0n) is 12.7. The number of amides is 1. The van der Waals surface area contributed by atoms with Crippen molar-refractivity contribution in [3.8, 4) is 0 Å². The number of ether oxygens (including phenoxy) is 1. The number of nitrogens with zero attached hydrogens (tertiary/aromatic N) is 2. The van der Waals surface area contributed by atoms with Crippen LogP contribution in [0, 0.1) is 6.92 Å². The van der Waals surface area contributed by atoms with Gasteiger partial charge < -0.3 is 10.1 Å². The molecule has 0 spiro atoms. The molecule has 3 aromatic rings. The van der Waals surface area contributed by atoms with E-state index in [9.17, 15) is 9.59 Å². The van der Waals surface area contributed by atoms with Crippen LogP contribution in [0.25, 0.3) is 10.9 Å². The third-order valence-corrected chi connectivity index (χ3v) is 3.60. The van der Waals surface area contributed by atoms with Gasteiger partial charge in [-0.2, -0.15) is 9.78 Å². The number of methoxy groups -OCH3 is 1. The highest BCUT2D eigenvalue weighted by molar-refractivity contribution is 6.03. The molecular formula is C17H15N3O3. The van der Waals surface area contributed by atoms with Gasteiger partial charge in [0.2, 0.25) is 0 Å². The molecule has 1 heterocycles. The van der Waals surface area contributed by atoms with Gasteiger partial charge in [0.15, 0.2) is 0 Å². The molecule has 6 nitrogen and oxygen atoms in total. The van der Waals surface area contributed by atoms with Gasteiger partial charge in [-0.1, -0.05) is 24.3 Å². The molecule has 2 aromatic carbocycles. The number of para-hydroxylation sites is 1. The molecule has 1 N–H and O–H groups in total. The highest BCUT2D eigenvalue weighted by atomic mass is 16.5. The van der Waals surface area contributed by atoms with E-state index >= 15 is 0 Å². The van der Waals surface area contributed by atoms with Gasteiger partial charge in [-0.25, -0.2) is 9.59 Å². The van der Waals surface area contributed by atoms with Crippen molar-refractivity contribution in [1.29, 1.82) is 0 Å². The largest absolute Gasteiger partial charge is 0.465 e. The van der Waals surface area contributed by atoms with Gasteiger partial charge in [0.25, 0.3) is 0 Å². The lowest BCUT2D eigenvalue weighted by atomic mass is 10.1. The van der Waals surface area contributed by atoms with E-state index in [1.807, 2.05) is 25.1 Å². The number of anilines is 1. The van der Waals surface area contributed by atoms with E-state index in [2.05, 4.69) is 10.4 Å². The van der Waals surface area contributed by atoms with Crippen molar-refractivity contribution in [2.75, 3.05) is 12.4 Å². The highest BCUT2D eigenvalue weighted by Crippen LogP contribution is 2.20. The molecule has 3 rings (SSSR count). The standard InChI is InChI=1S/C17H15N3O3/c1-11-6-5-9-15-13(11)10-18-20(15)17(22)19-14-8-4-3-7-12(14)16(21)23-2/h3-10H,1-2H3,(H,19,22). The first kappa shape index (κ1) is 14.8. The van der Waals surface area contributed by atoms with Crippen LogP contribution in [-0.2, 0) is 4.74 Å². The lowest BCUT2D eigenvalue weighted by Gasteiger charge is -2.10. The van der Waals surface area contributed by atoms with Gasteiger partial charge in [0.05, 0.1) is 30.1 Å². The molecule has 1 amide bonds. The molecular weight excluding hydrogens is 294 g/mol. The number of nitrogens with one attached hydrogen (secondary N) is 1. The first-order valence-electron chi connectivity index (χ1n) is 7.04. The fraction of sp³-hybridized carbons (Fsp3) is 0.118. The Morgan fingerprint density at radius 1 is 1.13 bits per heavy atom. The third-order valence-electron chi connectivity index (χ3n) is 3.60. The number of benzene rings is 2. The number of rotatable bonds is 2. The number of carbonyl (C=O) groups is 2. The fourth-order valence-electron chi connectivity index (χ4n) is 2.41. The molecule has 0 fully saturated rings. The summed E-state index contributed by atoms with van der Waals surface area (Å²) in [6, 6.07) is 11.9. The van der Waals surface area contributed by atoms with Gasteiger partial charge >= 0.3 is 12.0 Å². The monoisotopic (exact) mass is 309 g/mol. The number of esters is 1. The number of fused-ring (bicyclic) bond motifs is 1. The van der Waals surface area contributed by atoms with Crippen molar-refractivity contribution in [3.63, 3.8) is 0 Å². The summed E-state index contributed by atoms with van der Waals surface area (Å²) in [5.41, 5.74) is 2.41. The van der Waals surface area contributed by atoms with Crippen molar-refractivity contribution < 1.29 is 14.3 Å². The van der Waals surface area contributed by atoms with Crippen molar-refractivity contribution in [3.05, 3.63) is 59.8 Å². The molecule has 0 aliphatic heterocycles. The minimum Gasteiger partial charge on any atom is -0.465 e. The third kappa shape index (κ3) is 2.66. The van der Waals surface area contributed by atoms with Crippen LogP contribution in [0.1, 0.15) is 15.9 Å². The molecule has 0 unspecified atom stereocenters. The number of hydrogen-bond donors (Lipinski definition) is 1. The molecule has 1 aromatic heterocycles. The quantitative estimate of drug-likeness (QED) is 0.738. The molecule has 0 aliphatic carbocycles. The maximum absolute atomic E-state index is 12.5. The Balaban J connectivity index is 1.96. The van der Waals surface area contributed by atoms with Gasteiger partial charge in [0.1, 0.15) is 0 Å². The molecule has 0 aliphatic rings. The Labute approximate surface area is 132 Å². The summed E-state index contributed by atoms with van der Waals surface area (Å²) in [6.07, 6.45) is 1.65. The highest BCUT2D eigenvalue weighted by Gasteiger charge is 2.16. The molecule has 0 bridgehead atoms. The average Bonchev–Trinajstić information content (AvgIpc) is 3.00. The lowest BCUT2D eigenvalue weighted by molar-refractivity contribution is 0.0602. The van der Waals surface area contributed by atoms with Crippen molar-refractivity contribution >= 4 is 28.6 Å². The van der Waals surface area contributed by atoms with E-state index < -0.39 is 12.0 Å². The number of aromatic nitrogens is 2. The normalized spacial score (nSPS) is 10.5. The maximum atomic E-state index is 12.5. The second kappa shape index (κ2) is 5.92. The first-order chi connectivity index (χ1) is 11.1. The molecule has 116 valence electrons. The fourth-order valence-corrected chi connectivity index (χ4v) is 2.41. The summed E-state index contributed by atoms with van der Waals surface area (Å²) in [5.74, 6) is -0.512. The van der Waals surface area contributed by atoms with Crippen LogP contribution in [0.2, 0.25) is 0 Å². The second-order valence-corrected chi connectivity index (χ2v) is 5.03. The van der Waals surface area contributed by atoms with Crippen molar-refractivity contribution in [1.82, 2.24) is 9.78 Å². The number of hydrogen-bond acceptors (Lipinski definition) is 4. The van der Waals surface area contributed by atoms with Crippen LogP contribution in [0.5, 0.6) is 0 Å². The van der Waals surface area contributed by atoms with Gasteiger partial charge in [0, 0.05) is 5.39 Å². The second-order valence-electron chi connectivity index (χ2n) is 5.03. The van der Waals surface area contributed by atoms with Crippen LogP contribution in [0.4, 0.5) is 10.5 Å². The topological polar surface area (TPSA) is 73.2 Å². The molecule has 0 radical (unpaired) electrons. The zero-order chi connectivity index (χ0) is 16.4. The van der Waals surface area contributed by atoms with E-state index in [0.29, 0.717) is 11.2 Å². The van der Waals surface area contributed by atoms with Gasteiger partial charge in [-0.15, -0.1) is 0 Å². The summed E-state index contributed by atoms with van der Waals surface area (Å²) in [6.45, 7) is 1.96. The molecule has 6 heteroatoms. The van der Waals surface area contributed by atoms with Crippen LogP contribution in [-0.4, -0.2) is 28.9 Å². The molecule has 0 saturated carbocycles. The summed E-state index contributed by atoms with van der Waals surface area (Å²) in [5, 5.41) is 7.74. The molecule has 0 saturated heterocycles. The van der Waals surface area contributed by atoms with E-state index in [0.717, 1.165) is 10.9 Å². The van der Waals surface area contributed by atoms with E-state index in [1.54, 1.807) is 30.5 Å². The smallest absolute Gasteiger partial charge is 0.347 e. The number of carbonyl (C=O) groups excluding carboxylic acids is 2. The first-order valence-corrected chi connectivity index (χ1v) is 7.04. The Hall–Kier alpha value is -3.15. The van der Waals surface area contributed by atoms with Gasteiger partial charge in [-0.3, -0.25) is 0 Å². The Kier molecular flexibility index (Phi) is 3.80. The minimum absolute atomic E-state index is 0.288. The van der Waals surface area contributed by atoms with Crippen LogP contribution >= 0.6 is 0 Å². The van der Waals surface area contributed by atoms with E-state index in [-0.39, 0.29) is 5.56 Å². The van der Waals surface area contributed by atoms with E-state index in [1.165, 1.54) is 11.8 Å². The van der Waals surface area contributed by atoms with Crippen LogP contribution in [0.15, 0.2) is 48.7 Å².